The Kier molecular flexibility index (Phi) is 2.87. The third-order valence-electron chi connectivity index (χ3n) is 3.20. The first-order chi connectivity index (χ1) is 9.16. The van der Waals surface area contributed by atoms with Gasteiger partial charge in [0.2, 0.25) is 0 Å². The maximum Gasteiger partial charge on any atom is 0.153 e. The summed E-state index contributed by atoms with van der Waals surface area (Å²) >= 11 is 1.74. The van der Waals surface area contributed by atoms with Crippen LogP contribution in [0.3, 0.4) is 0 Å². The van der Waals surface area contributed by atoms with Crippen molar-refractivity contribution in [2.24, 2.45) is 0 Å². The predicted octanol–water partition coefficient (Wildman–Crippen LogP) is 4.00. The molecule has 4 heteroatoms. The minimum atomic E-state index is 0.551. The van der Waals surface area contributed by atoms with Crippen molar-refractivity contribution in [3.05, 3.63) is 46.8 Å². The molecular formula is C15H15N3S. The van der Waals surface area contributed by atoms with Crippen molar-refractivity contribution in [1.29, 1.82) is 0 Å². The van der Waals surface area contributed by atoms with E-state index in [4.69, 9.17) is 5.73 Å². The second-order valence-electron chi connectivity index (χ2n) is 4.58. The zero-order valence-electron chi connectivity index (χ0n) is 10.9. The highest BCUT2D eigenvalue weighted by Crippen LogP contribution is 2.38. The minimum Gasteiger partial charge on any atom is -0.382 e. The van der Waals surface area contributed by atoms with Crippen molar-refractivity contribution in [2.75, 3.05) is 5.73 Å². The van der Waals surface area contributed by atoms with Crippen molar-refractivity contribution in [2.45, 2.75) is 13.8 Å². The molecule has 0 radical (unpaired) electrons. The van der Waals surface area contributed by atoms with E-state index >= 15 is 0 Å². The summed E-state index contributed by atoms with van der Waals surface area (Å²) in [6.07, 6.45) is 0. The lowest BCUT2D eigenvalue weighted by Gasteiger charge is -2.06. The summed E-state index contributed by atoms with van der Waals surface area (Å²) in [5.41, 5.74) is 10.4. The van der Waals surface area contributed by atoms with E-state index in [1.807, 2.05) is 12.1 Å². The van der Waals surface area contributed by atoms with Crippen molar-refractivity contribution in [3.8, 4) is 21.7 Å². The molecule has 0 saturated heterocycles. The van der Waals surface area contributed by atoms with E-state index in [1.165, 1.54) is 15.3 Å². The van der Waals surface area contributed by atoms with Crippen molar-refractivity contribution >= 4 is 17.2 Å². The van der Waals surface area contributed by atoms with Crippen LogP contribution in [0, 0.1) is 13.8 Å². The van der Waals surface area contributed by atoms with E-state index in [9.17, 15) is 0 Å². The lowest BCUT2D eigenvalue weighted by atomic mass is 10.00. The van der Waals surface area contributed by atoms with Gasteiger partial charge >= 0.3 is 0 Å². The zero-order chi connectivity index (χ0) is 13.4. The molecule has 2 heterocycles. The molecule has 3 N–H and O–H groups in total. The highest BCUT2D eigenvalue weighted by atomic mass is 32.1. The molecule has 0 atom stereocenters. The van der Waals surface area contributed by atoms with Crippen LogP contribution in [0.5, 0.6) is 0 Å². The Hall–Kier alpha value is -2.07. The molecular weight excluding hydrogens is 254 g/mol. The summed E-state index contributed by atoms with van der Waals surface area (Å²) in [4.78, 5) is 2.44. The van der Waals surface area contributed by atoms with E-state index in [1.54, 1.807) is 11.3 Å². The Bertz CT molecular complexity index is 725. The summed E-state index contributed by atoms with van der Waals surface area (Å²) in [6.45, 7) is 4.19. The van der Waals surface area contributed by atoms with E-state index in [0.29, 0.717) is 5.82 Å². The fraction of sp³-hybridized carbons (Fsp3) is 0.133. The van der Waals surface area contributed by atoms with Gasteiger partial charge in [-0.15, -0.1) is 11.3 Å². The standard InChI is InChI=1S/C15H15N3S/c1-9-5-3-4-6-11(9)13-14(17-18-15(13)16)12-8-7-10(2)19-12/h3-8H,1-2H3,(H3,16,17,18). The van der Waals surface area contributed by atoms with Gasteiger partial charge in [0.1, 0.15) is 0 Å². The lowest BCUT2D eigenvalue weighted by Crippen LogP contribution is -1.90. The third kappa shape index (κ3) is 2.04. The maximum atomic E-state index is 6.05. The number of thiophene rings is 1. The number of nitrogens with zero attached hydrogens (tertiary/aromatic N) is 1. The molecule has 19 heavy (non-hydrogen) atoms. The first kappa shape index (κ1) is 12.0. The highest BCUT2D eigenvalue weighted by molar-refractivity contribution is 7.15. The molecule has 0 bridgehead atoms. The maximum absolute atomic E-state index is 6.05. The Labute approximate surface area is 116 Å². The van der Waals surface area contributed by atoms with Gasteiger partial charge in [-0.1, -0.05) is 24.3 Å². The monoisotopic (exact) mass is 269 g/mol. The van der Waals surface area contributed by atoms with E-state index in [-0.39, 0.29) is 0 Å². The fourth-order valence-corrected chi connectivity index (χ4v) is 3.10. The number of nitrogens with one attached hydrogen (secondary N) is 1. The number of nitrogen functional groups attached to an aromatic ring is 1. The van der Waals surface area contributed by atoms with Gasteiger partial charge in [0, 0.05) is 4.88 Å². The number of H-pyrrole nitrogens is 1. The van der Waals surface area contributed by atoms with Gasteiger partial charge in [0.25, 0.3) is 0 Å². The molecule has 0 amide bonds. The first-order valence-electron chi connectivity index (χ1n) is 6.13. The van der Waals surface area contributed by atoms with E-state index in [0.717, 1.165) is 16.8 Å². The van der Waals surface area contributed by atoms with Gasteiger partial charge in [0.05, 0.1) is 16.1 Å². The zero-order valence-corrected chi connectivity index (χ0v) is 11.7. The minimum absolute atomic E-state index is 0.551. The number of anilines is 1. The Morgan fingerprint density at radius 2 is 1.89 bits per heavy atom. The van der Waals surface area contributed by atoms with Gasteiger partial charge in [-0.25, -0.2) is 0 Å². The molecule has 3 nitrogen and oxygen atoms in total. The SMILES string of the molecule is Cc1ccc(-c2[nH]nc(N)c2-c2ccccc2C)s1. The van der Waals surface area contributed by atoms with E-state index in [2.05, 4.69) is 48.3 Å². The number of hydrogen-bond donors (Lipinski definition) is 2. The van der Waals surface area contributed by atoms with Gasteiger partial charge in [-0.2, -0.15) is 5.10 Å². The molecule has 1 aromatic carbocycles. The summed E-state index contributed by atoms with van der Waals surface area (Å²) in [6, 6.07) is 12.4. The molecule has 0 spiro atoms. The van der Waals surface area contributed by atoms with Crippen LogP contribution < -0.4 is 5.73 Å². The first-order valence-corrected chi connectivity index (χ1v) is 6.95. The van der Waals surface area contributed by atoms with Crippen molar-refractivity contribution in [1.82, 2.24) is 10.2 Å². The van der Waals surface area contributed by atoms with Gasteiger partial charge in [-0.05, 0) is 37.1 Å². The molecule has 3 rings (SSSR count). The van der Waals surface area contributed by atoms with Crippen LogP contribution in [0.25, 0.3) is 21.7 Å². The van der Waals surface area contributed by atoms with Gasteiger partial charge in [-0.3, -0.25) is 5.10 Å². The second kappa shape index (κ2) is 4.55. The molecule has 3 aromatic rings. The summed E-state index contributed by atoms with van der Waals surface area (Å²) in [5.74, 6) is 0.551. The van der Waals surface area contributed by atoms with Crippen LogP contribution in [0.4, 0.5) is 5.82 Å². The molecule has 0 fully saturated rings. The van der Waals surface area contributed by atoms with Crippen molar-refractivity contribution in [3.63, 3.8) is 0 Å². The van der Waals surface area contributed by atoms with Crippen LogP contribution in [0.15, 0.2) is 36.4 Å². The quantitative estimate of drug-likeness (QED) is 0.738. The fourth-order valence-electron chi connectivity index (χ4n) is 2.23. The van der Waals surface area contributed by atoms with Crippen LogP contribution >= 0.6 is 11.3 Å². The number of aryl methyl sites for hydroxylation is 2. The van der Waals surface area contributed by atoms with Crippen LogP contribution in [-0.2, 0) is 0 Å². The summed E-state index contributed by atoms with van der Waals surface area (Å²) in [7, 11) is 0. The number of benzene rings is 1. The highest BCUT2D eigenvalue weighted by Gasteiger charge is 2.17. The smallest absolute Gasteiger partial charge is 0.153 e. The van der Waals surface area contributed by atoms with Gasteiger partial charge in [0.15, 0.2) is 5.82 Å². The van der Waals surface area contributed by atoms with Crippen LogP contribution in [0.2, 0.25) is 0 Å². The molecule has 0 aliphatic heterocycles. The van der Waals surface area contributed by atoms with Crippen molar-refractivity contribution < 1.29 is 0 Å². The topological polar surface area (TPSA) is 54.7 Å². The van der Waals surface area contributed by atoms with Crippen LogP contribution in [0.1, 0.15) is 10.4 Å². The molecule has 0 aliphatic carbocycles. The molecule has 2 aromatic heterocycles. The average molecular weight is 269 g/mol. The Morgan fingerprint density at radius 1 is 1.11 bits per heavy atom. The average Bonchev–Trinajstić information content (AvgIpc) is 2.96. The predicted molar refractivity (Wildman–Crippen MR) is 81.2 cm³/mol. The number of aromatic amines is 1. The summed E-state index contributed by atoms with van der Waals surface area (Å²) < 4.78 is 0. The molecule has 96 valence electrons. The van der Waals surface area contributed by atoms with Gasteiger partial charge < -0.3 is 5.73 Å². The largest absolute Gasteiger partial charge is 0.382 e. The summed E-state index contributed by atoms with van der Waals surface area (Å²) in [5, 5.41) is 7.24. The molecule has 0 saturated carbocycles. The second-order valence-corrected chi connectivity index (χ2v) is 5.87. The molecule has 0 unspecified atom stereocenters. The van der Waals surface area contributed by atoms with Crippen LogP contribution in [-0.4, -0.2) is 10.2 Å². The lowest BCUT2D eigenvalue weighted by molar-refractivity contribution is 1.11. The number of nitrogens with two attached hydrogens (primary N) is 1. The number of rotatable bonds is 2. The Morgan fingerprint density at radius 3 is 2.58 bits per heavy atom. The number of hydrogen-bond acceptors (Lipinski definition) is 3. The van der Waals surface area contributed by atoms with E-state index < -0.39 is 0 Å². The molecule has 0 aliphatic rings. The normalized spacial score (nSPS) is 10.8. The number of aromatic nitrogens is 2. The Balaban J connectivity index is 2.22. The third-order valence-corrected chi connectivity index (χ3v) is 4.21.